The summed E-state index contributed by atoms with van der Waals surface area (Å²) in [4.78, 5) is 8.75. The minimum absolute atomic E-state index is 0.503. The van der Waals surface area contributed by atoms with Crippen molar-refractivity contribution in [2.75, 3.05) is 23.0 Å². The molecular weight excluding hydrogens is 489 g/mol. The molecule has 0 bridgehead atoms. The van der Waals surface area contributed by atoms with E-state index in [1.54, 1.807) is 0 Å². The third-order valence-corrected chi connectivity index (χ3v) is 5.56. The molecule has 4 N–H and O–H groups in total. The van der Waals surface area contributed by atoms with Crippen molar-refractivity contribution in [3.8, 4) is 18.1 Å². The first-order valence-electron chi connectivity index (χ1n) is 10.7. The van der Waals surface area contributed by atoms with Gasteiger partial charge in [0.1, 0.15) is 0 Å². The number of aromatic nitrogens is 2. The molecule has 4 rings (SSSR count). The van der Waals surface area contributed by atoms with Crippen molar-refractivity contribution in [1.82, 2.24) is 9.97 Å². The number of nitrogens with one attached hydrogen (secondary N) is 2. The molecule has 4 aromatic rings. The van der Waals surface area contributed by atoms with Crippen LogP contribution in [0, 0.1) is 12.3 Å². The zero-order valence-electron chi connectivity index (χ0n) is 18.4. The molecule has 0 atom stereocenters. The molecule has 167 valence electrons. The first-order valence-corrected chi connectivity index (χ1v) is 11.5. The molecule has 6 nitrogen and oxygen atoms in total. The van der Waals surface area contributed by atoms with E-state index in [2.05, 4.69) is 42.5 Å². The van der Waals surface area contributed by atoms with Gasteiger partial charge in [-0.2, -0.15) is 0 Å². The number of nitrogen functional groups attached to an aromatic ring is 1. The first-order chi connectivity index (χ1) is 16.5. The number of benzene rings is 3. The average molecular weight is 511 g/mol. The Hall–Kier alpha value is -3.83. The predicted molar refractivity (Wildman–Crippen MR) is 145 cm³/mol. The van der Waals surface area contributed by atoms with Gasteiger partial charge in [-0.05, 0) is 6.07 Å². The van der Waals surface area contributed by atoms with E-state index in [9.17, 15) is 0 Å². The number of nitrogens with zero attached hydrogens (tertiary/aromatic N) is 2. The summed E-state index contributed by atoms with van der Waals surface area (Å²) in [6.07, 6.45) is 8.41. The van der Waals surface area contributed by atoms with Crippen LogP contribution in [0.5, 0.6) is 5.75 Å². The zero-order valence-corrected chi connectivity index (χ0v) is 20.0. The molecule has 0 saturated heterocycles. The summed E-state index contributed by atoms with van der Waals surface area (Å²) in [5, 5.41) is 7.33. The van der Waals surface area contributed by atoms with Gasteiger partial charge in [0.25, 0.3) is 0 Å². The van der Waals surface area contributed by atoms with Crippen LogP contribution in [0.4, 0.5) is 22.9 Å². The van der Waals surface area contributed by atoms with Gasteiger partial charge in [0.05, 0.1) is 0 Å². The van der Waals surface area contributed by atoms with Crippen molar-refractivity contribution in [2.45, 2.75) is 12.8 Å². The maximum absolute atomic E-state index is 6.13. The summed E-state index contributed by atoms with van der Waals surface area (Å²) in [7, 11) is 6.13. The number of fused-ring (bicyclic) bond motifs is 1. The predicted octanol–water partition coefficient (Wildman–Crippen LogP) is 5.27. The Morgan fingerprint density at radius 1 is 1.12 bits per heavy atom. The number of rotatable bonds is 9. The van der Waals surface area contributed by atoms with E-state index in [1.165, 1.54) is 6.33 Å². The molecule has 3 aromatic carbocycles. The number of anilines is 4. The van der Waals surface area contributed by atoms with Gasteiger partial charge in [0, 0.05) is 5.56 Å². The number of nitrogens with two attached hydrogens (primary N) is 1. The zero-order chi connectivity index (χ0) is 23.9. The van der Waals surface area contributed by atoms with Gasteiger partial charge in [-0.25, -0.2) is 0 Å². The van der Waals surface area contributed by atoms with Gasteiger partial charge in [0.2, 0.25) is 0 Å². The molecule has 1 aromatic heterocycles. The van der Waals surface area contributed by atoms with E-state index in [0.29, 0.717) is 30.1 Å². The Kier molecular flexibility index (Phi) is 7.46. The average Bonchev–Trinajstić information content (AvgIpc) is 2.84. The molecule has 8 heteroatoms. The summed E-state index contributed by atoms with van der Waals surface area (Å²) in [6.45, 7) is 0.503. The second-order valence-electron chi connectivity index (χ2n) is 7.59. The van der Waals surface area contributed by atoms with Crippen LogP contribution in [0.3, 0.4) is 0 Å². The third kappa shape index (κ3) is 5.94. The Labute approximate surface area is 208 Å². The van der Waals surface area contributed by atoms with Gasteiger partial charge in [-0.1, -0.05) is 12.0 Å². The molecule has 34 heavy (non-hydrogen) atoms. The van der Waals surface area contributed by atoms with Crippen LogP contribution in [0.2, 0.25) is 0 Å². The van der Waals surface area contributed by atoms with Gasteiger partial charge in [-0.3, -0.25) is 0 Å². The van der Waals surface area contributed by atoms with Crippen molar-refractivity contribution in [3.63, 3.8) is 0 Å². The van der Waals surface area contributed by atoms with Crippen molar-refractivity contribution in [2.24, 2.45) is 0 Å². The van der Waals surface area contributed by atoms with E-state index in [4.69, 9.17) is 24.4 Å². The fourth-order valence-corrected chi connectivity index (χ4v) is 3.73. The number of halogens is 1. The van der Waals surface area contributed by atoms with E-state index < -0.39 is 0 Å². The summed E-state index contributed by atoms with van der Waals surface area (Å²) >= 11 is 3.44. The first kappa shape index (κ1) is 23.3. The van der Waals surface area contributed by atoms with Crippen LogP contribution >= 0.6 is 15.9 Å². The molecule has 0 spiro atoms. The standard InChI is InChI=1S/C26H22BBrN5O/c1-2-17-5-3-6-19(13-17)32-26-21-15-20(9-11-23(21)30-16-31-26)34-12-4-7-25(27)33-24-14-18(28)8-10-22(24)29/h1,3,5-6,8-11,13-16,33H,4,7,12,29H2,(H,30,31,32). The number of ether oxygens (including phenoxy) is 1. The van der Waals surface area contributed by atoms with Crippen LogP contribution < -0.4 is 21.1 Å². The summed E-state index contributed by atoms with van der Waals surface area (Å²) in [5.74, 6) is 4.04. The fourth-order valence-electron chi connectivity index (χ4n) is 3.37. The van der Waals surface area contributed by atoms with E-state index in [1.807, 2.05) is 60.7 Å². The van der Waals surface area contributed by atoms with Crippen LogP contribution in [0.25, 0.3) is 10.9 Å². The summed E-state index contributed by atoms with van der Waals surface area (Å²) in [5.41, 5.74) is 10.5. The monoisotopic (exact) mass is 510 g/mol. The molecule has 1 heterocycles. The SMILES string of the molecule is [B]=C(CCCOc1ccc2ncnc(Nc3cccc(C#C)c3)c2c1)Nc1cc(Br)ccc1N. The Morgan fingerprint density at radius 2 is 2.00 bits per heavy atom. The molecule has 0 fully saturated rings. The third-order valence-electron chi connectivity index (χ3n) is 5.07. The van der Waals surface area contributed by atoms with Crippen molar-refractivity contribution >= 4 is 62.8 Å². The Morgan fingerprint density at radius 3 is 2.85 bits per heavy atom. The molecular formula is C26H22BBrN5O. The molecule has 0 aliphatic heterocycles. The summed E-state index contributed by atoms with van der Waals surface area (Å²) in [6, 6.07) is 18.9. The van der Waals surface area contributed by atoms with Crippen molar-refractivity contribution < 1.29 is 4.74 Å². The quantitative estimate of drug-likeness (QED) is 0.123. The Balaban J connectivity index is 1.37. The molecule has 0 aliphatic carbocycles. The van der Waals surface area contributed by atoms with E-state index >= 15 is 0 Å². The molecule has 1 radical (unpaired) electrons. The van der Waals surface area contributed by atoms with Gasteiger partial charge >= 0.3 is 178 Å². The van der Waals surface area contributed by atoms with E-state index in [0.717, 1.165) is 44.5 Å². The van der Waals surface area contributed by atoms with Crippen LogP contribution in [0.15, 0.2) is 71.5 Å². The van der Waals surface area contributed by atoms with Gasteiger partial charge in [-0.15, -0.1) is 6.42 Å². The Bertz CT molecular complexity index is 1390. The fraction of sp³-hybridized carbons (Fsp3) is 0.115. The number of hydrogen-bond acceptors (Lipinski definition) is 6. The van der Waals surface area contributed by atoms with Gasteiger partial charge in [0.15, 0.2) is 0 Å². The molecule has 0 unspecified atom stereocenters. The van der Waals surface area contributed by atoms with Gasteiger partial charge < -0.3 is 0 Å². The minimum atomic E-state index is 0.503. The molecule has 0 amide bonds. The topological polar surface area (TPSA) is 85.1 Å². The van der Waals surface area contributed by atoms with Crippen LogP contribution in [-0.4, -0.2) is 29.6 Å². The van der Waals surface area contributed by atoms with Crippen molar-refractivity contribution in [3.05, 3.63) is 77.0 Å². The van der Waals surface area contributed by atoms with Crippen LogP contribution in [-0.2, 0) is 0 Å². The summed E-state index contributed by atoms with van der Waals surface area (Å²) < 4.78 is 6.89. The second-order valence-corrected chi connectivity index (χ2v) is 8.50. The molecule has 0 aliphatic rings. The van der Waals surface area contributed by atoms with Crippen molar-refractivity contribution in [1.29, 1.82) is 0 Å². The van der Waals surface area contributed by atoms with Crippen LogP contribution in [0.1, 0.15) is 18.4 Å². The maximum atomic E-state index is 6.13. The second kappa shape index (κ2) is 10.9. The molecule has 0 saturated carbocycles. The number of hydrogen-bond donors (Lipinski definition) is 3. The normalized spacial score (nSPS) is 10.4. The van der Waals surface area contributed by atoms with E-state index in [-0.39, 0.29) is 0 Å². The number of terminal acetylenes is 1.